The Labute approximate surface area is 170 Å². The zero-order valence-corrected chi connectivity index (χ0v) is 17.7. The lowest BCUT2D eigenvalue weighted by Crippen LogP contribution is -2.39. The summed E-state index contributed by atoms with van der Waals surface area (Å²) < 4.78 is 29.6. The van der Waals surface area contributed by atoms with Crippen molar-refractivity contribution in [2.24, 2.45) is 0 Å². The van der Waals surface area contributed by atoms with Gasteiger partial charge in [0.05, 0.1) is 29.1 Å². The summed E-state index contributed by atoms with van der Waals surface area (Å²) in [4.78, 5) is 14.7. The first-order valence-corrected chi connectivity index (χ1v) is 12.1. The molecule has 5 nitrogen and oxygen atoms in total. The number of thioether (sulfide) groups is 1. The third kappa shape index (κ3) is 5.12. The number of hydrogen-bond donors (Lipinski definition) is 0. The number of sulfone groups is 1. The van der Waals surface area contributed by atoms with E-state index in [1.807, 2.05) is 24.3 Å². The summed E-state index contributed by atoms with van der Waals surface area (Å²) in [6.45, 7) is 2.86. The monoisotopic (exact) mass is 425 g/mol. The fourth-order valence-electron chi connectivity index (χ4n) is 3.13. The molecular formula is C19H23NO4S3. The molecule has 1 aromatic rings. The number of thiocarbonyl (C=S) groups is 1. The average Bonchev–Trinajstić information content (AvgIpc) is 3.11. The van der Waals surface area contributed by atoms with Gasteiger partial charge in [-0.3, -0.25) is 9.69 Å². The molecule has 0 bridgehead atoms. The van der Waals surface area contributed by atoms with E-state index >= 15 is 0 Å². The first-order valence-electron chi connectivity index (χ1n) is 9.10. The number of benzene rings is 1. The van der Waals surface area contributed by atoms with Gasteiger partial charge in [-0.2, -0.15) is 0 Å². The Balaban J connectivity index is 1.65. The van der Waals surface area contributed by atoms with Crippen molar-refractivity contribution < 1.29 is 17.9 Å². The number of hydrogen-bond acceptors (Lipinski definition) is 6. The second kappa shape index (κ2) is 8.75. The topological polar surface area (TPSA) is 63.7 Å². The fraction of sp³-hybridized carbons (Fsp3) is 0.474. The van der Waals surface area contributed by atoms with Gasteiger partial charge in [0.2, 0.25) is 0 Å². The molecular weight excluding hydrogens is 402 g/mol. The maximum absolute atomic E-state index is 12.7. The summed E-state index contributed by atoms with van der Waals surface area (Å²) in [6.07, 6.45) is 5.60. The average molecular weight is 426 g/mol. The summed E-state index contributed by atoms with van der Waals surface area (Å²) in [5, 5.41) is 0. The molecule has 1 amide bonds. The van der Waals surface area contributed by atoms with Gasteiger partial charge in [0.15, 0.2) is 9.84 Å². The van der Waals surface area contributed by atoms with Crippen molar-refractivity contribution in [1.29, 1.82) is 0 Å². The van der Waals surface area contributed by atoms with Crippen molar-refractivity contribution in [3.63, 3.8) is 0 Å². The van der Waals surface area contributed by atoms with Gasteiger partial charge in [-0.25, -0.2) is 8.42 Å². The van der Waals surface area contributed by atoms with Gasteiger partial charge >= 0.3 is 0 Å². The molecule has 0 unspecified atom stereocenters. The van der Waals surface area contributed by atoms with Crippen LogP contribution in [-0.4, -0.2) is 47.7 Å². The van der Waals surface area contributed by atoms with E-state index in [9.17, 15) is 13.2 Å². The molecule has 3 rings (SSSR count). The van der Waals surface area contributed by atoms with E-state index in [-0.39, 0.29) is 23.5 Å². The van der Waals surface area contributed by atoms with E-state index in [1.165, 1.54) is 16.7 Å². The maximum Gasteiger partial charge on any atom is 0.266 e. The second-order valence-electron chi connectivity index (χ2n) is 6.73. The second-order valence-corrected chi connectivity index (χ2v) is 10.6. The number of unbranched alkanes of at least 4 members (excludes halogenated alkanes) is 2. The third-order valence-electron chi connectivity index (χ3n) is 4.59. The van der Waals surface area contributed by atoms with Gasteiger partial charge in [0.25, 0.3) is 5.91 Å². The van der Waals surface area contributed by atoms with E-state index in [4.69, 9.17) is 17.0 Å². The predicted octanol–water partition coefficient (Wildman–Crippen LogP) is 3.64. The van der Waals surface area contributed by atoms with E-state index in [1.54, 1.807) is 6.08 Å². The van der Waals surface area contributed by atoms with Crippen molar-refractivity contribution in [1.82, 2.24) is 4.90 Å². The van der Waals surface area contributed by atoms with Crippen LogP contribution in [0.5, 0.6) is 5.75 Å². The molecule has 2 saturated heterocycles. The summed E-state index contributed by atoms with van der Waals surface area (Å²) in [7, 11) is -3.07. The summed E-state index contributed by atoms with van der Waals surface area (Å²) in [6, 6.07) is 7.25. The van der Waals surface area contributed by atoms with E-state index in [2.05, 4.69) is 6.92 Å². The minimum atomic E-state index is -3.07. The van der Waals surface area contributed by atoms with Crippen LogP contribution in [0.2, 0.25) is 0 Å². The highest BCUT2D eigenvalue weighted by atomic mass is 32.2. The normalized spacial score (nSPS) is 23.4. The fourth-order valence-corrected chi connectivity index (χ4v) is 6.23. The number of carbonyl (C=O) groups excluding carboxylic acids is 1. The lowest BCUT2D eigenvalue weighted by molar-refractivity contribution is -0.123. The molecule has 27 heavy (non-hydrogen) atoms. The Hall–Kier alpha value is -1.38. The molecule has 0 aliphatic carbocycles. The lowest BCUT2D eigenvalue weighted by atomic mass is 10.2. The Bertz CT molecular complexity index is 846. The Morgan fingerprint density at radius 1 is 1.30 bits per heavy atom. The molecule has 1 aromatic carbocycles. The minimum absolute atomic E-state index is 0.00319. The van der Waals surface area contributed by atoms with Crippen molar-refractivity contribution >= 4 is 50.1 Å². The van der Waals surface area contributed by atoms with Crippen LogP contribution in [0, 0.1) is 0 Å². The highest BCUT2D eigenvalue weighted by molar-refractivity contribution is 8.26. The molecule has 2 fully saturated rings. The smallest absolute Gasteiger partial charge is 0.266 e. The largest absolute Gasteiger partial charge is 0.494 e. The molecule has 2 aliphatic heterocycles. The van der Waals surface area contributed by atoms with Gasteiger partial charge in [0, 0.05) is 0 Å². The SMILES string of the molecule is CCCCCOc1ccc(/C=C2/SC(=S)N([C@@H]3CCS(=O)(=O)C3)C2=O)cc1. The molecule has 0 spiro atoms. The van der Waals surface area contributed by atoms with Gasteiger partial charge in [0.1, 0.15) is 10.1 Å². The summed E-state index contributed by atoms with van der Waals surface area (Å²) in [5.41, 5.74) is 0.885. The molecule has 0 radical (unpaired) electrons. The van der Waals surface area contributed by atoms with Crippen molar-refractivity contribution in [2.75, 3.05) is 18.1 Å². The van der Waals surface area contributed by atoms with Crippen molar-refractivity contribution in [2.45, 2.75) is 38.6 Å². The first-order chi connectivity index (χ1) is 12.9. The molecule has 146 valence electrons. The molecule has 1 atom stereocenters. The summed E-state index contributed by atoms with van der Waals surface area (Å²) >= 11 is 6.55. The summed E-state index contributed by atoms with van der Waals surface area (Å²) in [5.74, 6) is 0.726. The Morgan fingerprint density at radius 3 is 2.67 bits per heavy atom. The quantitative estimate of drug-likeness (QED) is 0.378. The van der Waals surface area contributed by atoms with E-state index < -0.39 is 9.84 Å². The highest BCUT2D eigenvalue weighted by Gasteiger charge is 2.42. The molecule has 0 N–H and O–H groups in total. The van der Waals surface area contributed by atoms with Crippen LogP contribution in [-0.2, 0) is 14.6 Å². The standard InChI is InChI=1S/C19H23NO4S3/c1-2-3-4-10-24-16-7-5-14(6-8-16)12-17-18(21)20(19(25)26-17)15-9-11-27(22,23)13-15/h5-8,12,15H,2-4,9-11,13H2,1H3/b17-12+/t15-/m1/s1. The van der Waals surface area contributed by atoms with Gasteiger partial charge in [-0.15, -0.1) is 0 Å². The van der Waals surface area contributed by atoms with Gasteiger partial charge in [-0.1, -0.05) is 55.9 Å². The Morgan fingerprint density at radius 2 is 2.04 bits per heavy atom. The number of nitrogens with zero attached hydrogens (tertiary/aromatic N) is 1. The van der Waals surface area contributed by atoms with Crippen LogP contribution >= 0.6 is 24.0 Å². The minimum Gasteiger partial charge on any atom is -0.494 e. The van der Waals surface area contributed by atoms with Crippen LogP contribution in [0.15, 0.2) is 29.2 Å². The van der Waals surface area contributed by atoms with Crippen LogP contribution in [0.4, 0.5) is 0 Å². The zero-order chi connectivity index (χ0) is 19.4. The zero-order valence-electron chi connectivity index (χ0n) is 15.2. The third-order valence-corrected chi connectivity index (χ3v) is 7.67. The Kier molecular flexibility index (Phi) is 6.60. The number of ether oxygens (including phenoxy) is 1. The highest BCUT2D eigenvalue weighted by Crippen LogP contribution is 2.36. The molecule has 2 heterocycles. The molecule has 0 aromatic heterocycles. The predicted molar refractivity (Wildman–Crippen MR) is 114 cm³/mol. The number of carbonyl (C=O) groups is 1. The molecule has 2 aliphatic rings. The first kappa shape index (κ1) is 20.4. The van der Waals surface area contributed by atoms with E-state index in [0.29, 0.717) is 22.3 Å². The van der Waals surface area contributed by atoms with E-state index in [0.717, 1.165) is 30.6 Å². The van der Waals surface area contributed by atoms with Crippen LogP contribution in [0.1, 0.15) is 38.2 Å². The van der Waals surface area contributed by atoms with Crippen LogP contribution in [0.3, 0.4) is 0 Å². The van der Waals surface area contributed by atoms with Crippen molar-refractivity contribution in [3.8, 4) is 5.75 Å². The van der Waals surface area contributed by atoms with Gasteiger partial charge in [-0.05, 0) is 36.6 Å². The number of rotatable bonds is 7. The molecule has 8 heteroatoms. The molecule has 0 saturated carbocycles. The lowest BCUT2D eigenvalue weighted by Gasteiger charge is -2.20. The van der Waals surface area contributed by atoms with Crippen molar-refractivity contribution in [3.05, 3.63) is 34.7 Å². The number of amides is 1. The van der Waals surface area contributed by atoms with Crippen LogP contribution in [0.25, 0.3) is 6.08 Å². The van der Waals surface area contributed by atoms with Crippen LogP contribution < -0.4 is 4.74 Å². The van der Waals surface area contributed by atoms with Gasteiger partial charge < -0.3 is 4.74 Å². The maximum atomic E-state index is 12.7.